The fraction of sp³-hybridized carbons (Fsp3) is 0.417. The summed E-state index contributed by atoms with van der Waals surface area (Å²) in [7, 11) is -3.84. The van der Waals surface area contributed by atoms with Crippen LogP contribution in [0.15, 0.2) is 23.1 Å². The van der Waals surface area contributed by atoms with E-state index in [1.54, 1.807) is 19.9 Å². The molecule has 1 amide bonds. The van der Waals surface area contributed by atoms with Gasteiger partial charge in [0.15, 0.2) is 0 Å². The van der Waals surface area contributed by atoms with Crippen molar-refractivity contribution in [1.82, 2.24) is 4.31 Å². The molecule has 0 saturated heterocycles. The number of amides is 1. The normalized spacial score (nSPS) is 12.1. The minimum atomic E-state index is -3.84. The second-order valence-corrected chi connectivity index (χ2v) is 6.87. The fourth-order valence-electron chi connectivity index (χ4n) is 1.69. The monoisotopic (exact) mass is 319 g/mol. The number of hydrogen-bond acceptors (Lipinski definition) is 4. The second-order valence-electron chi connectivity index (χ2n) is 4.57. The molecule has 6 nitrogen and oxygen atoms in total. The molecule has 0 radical (unpaired) electrons. The lowest BCUT2D eigenvalue weighted by molar-refractivity contribution is -0.118. The van der Waals surface area contributed by atoms with Gasteiger partial charge in [0, 0.05) is 17.6 Å². The third kappa shape index (κ3) is 3.69. The summed E-state index contributed by atoms with van der Waals surface area (Å²) in [5.74, 6) is -0.716. The summed E-state index contributed by atoms with van der Waals surface area (Å²) in [6.07, 6.45) is 0. The Morgan fingerprint density at radius 2 is 2.00 bits per heavy atom. The van der Waals surface area contributed by atoms with Gasteiger partial charge in [-0.3, -0.25) is 4.79 Å². The SMILES string of the molecule is CC(C)N(CC(N)=O)S(=O)(=O)c1ccc(CN)c(Cl)c1. The van der Waals surface area contributed by atoms with Crippen molar-refractivity contribution >= 4 is 27.5 Å². The van der Waals surface area contributed by atoms with E-state index >= 15 is 0 Å². The maximum Gasteiger partial charge on any atom is 0.243 e. The molecular weight excluding hydrogens is 302 g/mol. The number of carbonyl (C=O) groups excluding carboxylic acids is 1. The number of benzene rings is 1. The first-order valence-corrected chi connectivity index (χ1v) is 7.80. The van der Waals surface area contributed by atoms with Crippen LogP contribution in [-0.2, 0) is 21.4 Å². The lowest BCUT2D eigenvalue weighted by Crippen LogP contribution is -2.42. The van der Waals surface area contributed by atoms with Gasteiger partial charge in [-0.05, 0) is 31.5 Å². The molecule has 0 unspecified atom stereocenters. The van der Waals surface area contributed by atoms with Crippen LogP contribution in [0.5, 0.6) is 0 Å². The molecule has 1 rings (SSSR count). The maximum absolute atomic E-state index is 12.5. The Kier molecular flexibility index (Phi) is 5.52. The van der Waals surface area contributed by atoms with Crippen molar-refractivity contribution in [2.24, 2.45) is 11.5 Å². The largest absolute Gasteiger partial charge is 0.369 e. The number of nitrogens with two attached hydrogens (primary N) is 2. The van der Waals surface area contributed by atoms with Gasteiger partial charge in [-0.25, -0.2) is 8.42 Å². The van der Waals surface area contributed by atoms with E-state index in [0.29, 0.717) is 5.56 Å². The average molecular weight is 320 g/mol. The fourth-order valence-corrected chi connectivity index (χ4v) is 3.64. The smallest absolute Gasteiger partial charge is 0.243 e. The van der Waals surface area contributed by atoms with Gasteiger partial charge in [0.2, 0.25) is 15.9 Å². The van der Waals surface area contributed by atoms with E-state index in [4.69, 9.17) is 23.1 Å². The zero-order chi connectivity index (χ0) is 15.5. The van der Waals surface area contributed by atoms with Crippen LogP contribution in [0.2, 0.25) is 5.02 Å². The van der Waals surface area contributed by atoms with Crippen molar-refractivity contribution < 1.29 is 13.2 Å². The van der Waals surface area contributed by atoms with Crippen LogP contribution in [0.4, 0.5) is 0 Å². The molecule has 0 saturated carbocycles. The van der Waals surface area contributed by atoms with E-state index < -0.39 is 22.0 Å². The van der Waals surface area contributed by atoms with Crippen LogP contribution in [0, 0.1) is 0 Å². The van der Waals surface area contributed by atoms with Crippen LogP contribution < -0.4 is 11.5 Å². The van der Waals surface area contributed by atoms with Crippen LogP contribution in [0.25, 0.3) is 0 Å². The first-order valence-electron chi connectivity index (χ1n) is 5.98. The molecule has 0 aromatic heterocycles. The van der Waals surface area contributed by atoms with E-state index in [0.717, 1.165) is 4.31 Å². The van der Waals surface area contributed by atoms with E-state index in [1.807, 2.05) is 0 Å². The average Bonchev–Trinajstić information content (AvgIpc) is 2.35. The topological polar surface area (TPSA) is 106 Å². The van der Waals surface area contributed by atoms with Crippen LogP contribution in [-0.4, -0.2) is 31.2 Å². The van der Waals surface area contributed by atoms with Gasteiger partial charge < -0.3 is 11.5 Å². The van der Waals surface area contributed by atoms with Gasteiger partial charge in [-0.15, -0.1) is 0 Å². The number of halogens is 1. The van der Waals surface area contributed by atoms with E-state index in [-0.39, 0.29) is 23.0 Å². The Bertz CT molecular complexity index is 602. The highest BCUT2D eigenvalue weighted by atomic mass is 35.5. The van der Waals surface area contributed by atoms with Crippen molar-refractivity contribution in [3.63, 3.8) is 0 Å². The Labute approximate surface area is 123 Å². The van der Waals surface area contributed by atoms with Crippen molar-refractivity contribution in [3.8, 4) is 0 Å². The predicted octanol–water partition coefficient (Wildman–Crippen LogP) is 0.683. The standard InChI is InChI=1S/C12H18ClN3O3S/c1-8(2)16(7-12(15)17)20(18,19)10-4-3-9(6-14)11(13)5-10/h3-5,8H,6-7,14H2,1-2H3,(H2,15,17). The van der Waals surface area contributed by atoms with Crippen LogP contribution >= 0.6 is 11.6 Å². The summed E-state index contributed by atoms with van der Waals surface area (Å²) in [5, 5.41) is 0.274. The van der Waals surface area contributed by atoms with Crippen molar-refractivity contribution in [2.75, 3.05) is 6.54 Å². The maximum atomic E-state index is 12.5. The number of nitrogens with zero attached hydrogens (tertiary/aromatic N) is 1. The summed E-state index contributed by atoms with van der Waals surface area (Å²) >= 11 is 5.97. The Morgan fingerprint density at radius 3 is 2.40 bits per heavy atom. The van der Waals surface area contributed by atoms with Crippen molar-refractivity contribution in [2.45, 2.75) is 31.3 Å². The lowest BCUT2D eigenvalue weighted by atomic mass is 10.2. The van der Waals surface area contributed by atoms with Gasteiger partial charge in [0.05, 0.1) is 11.4 Å². The molecule has 0 fully saturated rings. The van der Waals surface area contributed by atoms with Crippen LogP contribution in [0.1, 0.15) is 19.4 Å². The third-order valence-corrected chi connectivity index (χ3v) is 5.11. The van der Waals surface area contributed by atoms with Gasteiger partial charge in [0.1, 0.15) is 0 Å². The highest BCUT2D eigenvalue weighted by Crippen LogP contribution is 2.24. The highest BCUT2D eigenvalue weighted by molar-refractivity contribution is 7.89. The van der Waals surface area contributed by atoms with E-state index in [1.165, 1.54) is 12.1 Å². The summed E-state index contributed by atoms with van der Waals surface area (Å²) in [6, 6.07) is 3.90. The van der Waals surface area contributed by atoms with Crippen molar-refractivity contribution in [1.29, 1.82) is 0 Å². The quantitative estimate of drug-likeness (QED) is 0.804. The molecular formula is C12H18ClN3O3S. The van der Waals surface area contributed by atoms with E-state index in [9.17, 15) is 13.2 Å². The first kappa shape index (κ1) is 16.9. The molecule has 20 heavy (non-hydrogen) atoms. The number of carbonyl (C=O) groups is 1. The summed E-state index contributed by atoms with van der Waals surface area (Å²) in [4.78, 5) is 11.0. The number of sulfonamides is 1. The van der Waals surface area contributed by atoms with Gasteiger partial charge in [-0.1, -0.05) is 17.7 Å². The summed E-state index contributed by atoms with van der Waals surface area (Å²) in [6.45, 7) is 3.16. The molecule has 1 aromatic rings. The lowest BCUT2D eigenvalue weighted by Gasteiger charge is -2.24. The number of rotatable bonds is 6. The van der Waals surface area contributed by atoms with E-state index in [2.05, 4.69) is 0 Å². The molecule has 0 atom stereocenters. The highest BCUT2D eigenvalue weighted by Gasteiger charge is 2.28. The molecule has 112 valence electrons. The Hall–Kier alpha value is -1.15. The third-order valence-electron chi connectivity index (χ3n) is 2.74. The Morgan fingerprint density at radius 1 is 1.40 bits per heavy atom. The molecule has 8 heteroatoms. The molecule has 4 N–H and O–H groups in total. The molecule has 0 bridgehead atoms. The summed E-state index contributed by atoms with van der Waals surface area (Å²) in [5.41, 5.74) is 11.2. The summed E-state index contributed by atoms with van der Waals surface area (Å²) < 4.78 is 26.0. The van der Waals surface area contributed by atoms with Crippen LogP contribution in [0.3, 0.4) is 0 Å². The first-order chi connectivity index (χ1) is 9.20. The molecule has 0 aliphatic heterocycles. The minimum Gasteiger partial charge on any atom is -0.369 e. The molecule has 0 aliphatic carbocycles. The molecule has 0 spiro atoms. The zero-order valence-corrected chi connectivity index (χ0v) is 12.9. The minimum absolute atomic E-state index is 0.00894. The van der Waals surface area contributed by atoms with Gasteiger partial charge in [0.25, 0.3) is 0 Å². The van der Waals surface area contributed by atoms with Gasteiger partial charge in [-0.2, -0.15) is 4.31 Å². The molecule has 0 aliphatic rings. The number of primary amides is 1. The number of hydrogen-bond donors (Lipinski definition) is 2. The van der Waals surface area contributed by atoms with Gasteiger partial charge >= 0.3 is 0 Å². The molecule has 1 aromatic carbocycles. The second kappa shape index (κ2) is 6.53. The predicted molar refractivity (Wildman–Crippen MR) is 77.6 cm³/mol. The molecule has 0 heterocycles. The Balaban J connectivity index is 3.26. The zero-order valence-electron chi connectivity index (χ0n) is 11.3. The van der Waals surface area contributed by atoms with Crippen molar-refractivity contribution in [3.05, 3.63) is 28.8 Å².